The molecule has 3 aromatic carbocycles. The maximum Gasteiger partial charge on any atom is 0.251 e. The average molecular weight is 479 g/mol. The summed E-state index contributed by atoms with van der Waals surface area (Å²) < 4.78 is 0. The van der Waals surface area contributed by atoms with Crippen LogP contribution in [-0.2, 0) is 6.42 Å². The van der Waals surface area contributed by atoms with Gasteiger partial charge in [0.1, 0.15) is 0 Å². The Hall–Kier alpha value is -3.86. The third kappa shape index (κ3) is 5.85. The van der Waals surface area contributed by atoms with Crippen LogP contribution >= 0.6 is 0 Å². The number of rotatable bonds is 8. The number of nitrogens with one attached hydrogen (secondary N) is 2. The van der Waals surface area contributed by atoms with Crippen LogP contribution in [0.5, 0.6) is 0 Å². The van der Waals surface area contributed by atoms with Gasteiger partial charge in [0, 0.05) is 35.9 Å². The monoisotopic (exact) mass is 478 g/mol. The van der Waals surface area contributed by atoms with Gasteiger partial charge in [0.25, 0.3) is 5.91 Å². The van der Waals surface area contributed by atoms with E-state index >= 15 is 0 Å². The molecule has 4 aromatic rings. The molecule has 1 fully saturated rings. The van der Waals surface area contributed by atoms with E-state index in [4.69, 9.17) is 0 Å². The number of anilines is 1. The number of benzene rings is 3. The van der Waals surface area contributed by atoms with Gasteiger partial charge in [-0.25, -0.2) is 0 Å². The molecule has 5 heteroatoms. The first-order valence-corrected chi connectivity index (χ1v) is 13.0. The normalized spacial score (nSPS) is 14.4. The number of hydrogen-bond donors (Lipinski definition) is 2. The van der Waals surface area contributed by atoms with Gasteiger partial charge < -0.3 is 10.2 Å². The highest BCUT2D eigenvalue weighted by Crippen LogP contribution is 2.27. The molecule has 1 unspecified atom stereocenters. The van der Waals surface area contributed by atoms with Crippen molar-refractivity contribution in [1.82, 2.24) is 15.5 Å². The summed E-state index contributed by atoms with van der Waals surface area (Å²) in [6, 6.07) is 28.9. The Morgan fingerprint density at radius 3 is 2.33 bits per heavy atom. The van der Waals surface area contributed by atoms with E-state index in [1.165, 1.54) is 30.5 Å². The Balaban J connectivity index is 1.18. The molecule has 1 saturated heterocycles. The minimum absolute atomic E-state index is 0.0405. The third-order valence-corrected chi connectivity index (χ3v) is 7.01. The number of aryl methyl sites for hydroxylation is 1. The minimum atomic E-state index is -0.0405. The summed E-state index contributed by atoms with van der Waals surface area (Å²) in [6.45, 7) is 4.35. The smallest absolute Gasteiger partial charge is 0.251 e. The summed E-state index contributed by atoms with van der Waals surface area (Å²) in [4.78, 5) is 15.2. The van der Waals surface area contributed by atoms with Crippen molar-refractivity contribution >= 4 is 11.6 Å². The van der Waals surface area contributed by atoms with Gasteiger partial charge in [-0.3, -0.25) is 9.89 Å². The lowest BCUT2D eigenvalue weighted by Gasteiger charge is -2.28. The zero-order chi connectivity index (χ0) is 24.7. The molecular formula is C31H34N4O. The highest BCUT2D eigenvalue weighted by Gasteiger charge is 2.13. The Labute approximate surface area is 213 Å². The molecule has 1 aromatic heterocycles. The Kier molecular flexibility index (Phi) is 7.46. The maximum absolute atomic E-state index is 12.7. The van der Waals surface area contributed by atoms with E-state index < -0.39 is 0 Å². The molecule has 0 radical (unpaired) electrons. The highest BCUT2D eigenvalue weighted by atomic mass is 16.1. The van der Waals surface area contributed by atoms with Crippen LogP contribution in [0.2, 0.25) is 0 Å². The van der Waals surface area contributed by atoms with Crippen LogP contribution in [0.3, 0.4) is 0 Å². The molecule has 2 N–H and O–H groups in total. The van der Waals surface area contributed by atoms with Gasteiger partial charge in [0.2, 0.25) is 0 Å². The average Bonchev–Trinajstić information content (AvgIpc) is 3.44. The van der Waals surface area contributed by atoms with E-state index in [0.29, 0.717) is 5.56 Å². The second-order valence-corrected chi connectivity index (χ2v) is 9.74. The number of piperidine rings is 1. The maximum atomic E-state index is 12.7. The second kappa shape index (κ2) is 11.3. The summed E-state index contributed by atoms with van der Waals surface area (Å²) in [5.74, 6) is -0.0405. The minimum Gasteiger partial charge on any atom is -0.372 e. The van der Waals surface area contributed by atoms with Gasteiger partial charge in [-0.15, -0.1) is 0 Å². The molecule has 0 aliphatic carbocycles. The number of carbonyl (C=O) groups is 1. The van der Waals surface area contributed by atoms with E-state index in [1.54, 1.807) is 0 Å². The Morgan fingerprint density at radius 2 is 1.61 bits per heavy atom. The summed E-state index contributed by atoms with van der Waals surface area (Å²) in [5.41, 5.74) is 7.21. The molecule has 184 valence electrons. The lowest BCUT2D eigenvalue weighted by atomic mass is 10.0. The van der Waals surface area contributed by atoms with Crippen molar-refractivity contribution in [3.63, 3.8) is 0 Å². The number of amides is 1. The predicted molar refractivity (Wildman–Crippen MR) is 147 cm³/mol. The molecule has 1 amide bonds. The Morgan fingerprint density at radius 1 is 0.917 bits per heavy atom. The van der Waals surface area contributed by atoms with Gasteiger partial charge in [-0.05, 0) is 80.5 Å². The van der Waals surface area contributed by atoms with E-state index in [2.05, 4.69) is 81.9 Å². The molecule has 1 aliphatic heterocycles. The summed E-state index contributed by atoms with van der Waals surface area (Å²) >= 11 is 0. The summed E-state index contributed by atoms with van der Waals surface area (Å²) in [6.07, 6.45) is 5.74. The summed E-state index contributed by atoms with van der Waals surface area (Å²) in [7, 11) is 0. The summed E-state index contributed by atoms with van der Waals surface area (Å²) in [5, 5.41) is 10.8. The van der Waals surface area contributed by atoms with E-state index in [-0.39, 0.29) is 11.9 Å². The molecule has 2 heterocycles. The van der Waals surface area contributed by atoms with Crippen LogP contribution in [0, 0.1) is 0 Å². The molecule has 5 rings (SSSR count). The molecule has 5 nitrogen and oxygen atoms in total. The first-order valence-electron chi connectivity index (χ1n) is 13.0. The van der Waals surface area contributed by atoms with E-state index in [0.717, 1.165) is 48.4 Å². The van der Waals surface area contributed by atoms with Crippen LogP contribution in [-0.4, -0.2) is 35.2 Å². The zero-order valence-electron chi connectivity index (χ0n) is 20.9. The van der Waals surface area contributed by atoms with Crippen molar-refractivity contribution in [2.75, 3.05) is 18.0 Å². The predicted octanol–water partition coefficient (Wildman–Crippen LogP) is 6.49. The van der Waals surface area contributed by atoms with Crippen LogP contribution in [0.15, 0.2) is 84.9 Å². The van der Waals surface area contributed by atoms with Crippen LogP contribution in [0.4, 0.5) is 5.69 Å². The van der Waals surface area contributed by atoms with E-state index in [1.807, 2.05) is 30.3 Å². The molecule has 1 aliphatic rings. The van der Waals surface area contributed by atoms with Crippen LogP contribution < -0.4 is 10.2 Å². The fraction of sp³-hybridized carbons (Fsp3) is 0.290. The molecule has 0 saturated carbocycles. The molecule has 1 atom stereocenters. The van der Waals surface area contributed by atoms with Gasteiger partial charge in [0.05, 0.1) is 11.4 Å². The first-order chi connectivity index (χ1) is 17.7. The number of hydrogen-bond acceptors (Lipinski definition) is 3. The van der Waals surface area contributed by atoms with Crippen molar-refractivity contribution in [3.8, 4) is 22.5 Å². The largest absolute Gasteiger partial charge is 0.372 e. The third-order valence-electron chi connectivity index (χ3n) is 7.01. The number of aromatic nitrogens is 2. The molecule has 36 heavy (non-hydrogen) atoms. The van der Waals surface area contributed by atoms with Gasteiger partial charge >= 0.3 is 0 Å². The van der Waals surface area contributed by atoms with Crippen LogP contribution in [0.1, 0.15) is 48.5 Å². The topological polar surface area (TPSA) is 61.0 Å². The number of nitrogens with zero attached hydrogens (tertiary/aromatic N) is 2. The number of H-pyrrole nitrogens is 1. The van der Waals surface area contributed by atoms with Gasteiger partial charge in [-0.2, -0.15) is 5.10 Å². The van der Waals surface area contributed by atoms with Crippen molar-refractivity contribution in [1.29, 1.82) is 0 Å². The van der Waals surface area contributed by atoms with Crippen molar-refractivity contribution in [2.45, 2.75) is 45.1 Å². The fourth-order valence-corrected chi connectivity index (χ4v) is 4.82. The van der Waals surface area contributed by atoms with Gasteiger partial charge in [-0.1, -0.05) is 54.6 Å². The molecule has 0 bridgehead atoms. The van der Waals surface area contributed by atoms with Gasteiger partial charge in [0.15, 0.2) is 0 Å². The second-order valence-electron chi connectivity index (χ2n) is 9.74. The first kappa shape index (κ1) is 23.9. The molecule has 0 spiro atoms. The lowest BCUT2D eigenvalue weighted by molar-refractivity contribution is 0.0938. The van der Waals surface area contributed by atoms with Crippen LogP contribution in [0.25, 0.3) is 22.5 Å². The van der Waals surface area contributed by atoms with Crippen molar-refractivity contribution < 1.29 is 4.79 Å². The van der Waals surface area contributed by atoms with E-state index in [9.17, 15) is 4.79 Å². The van der Waals surface area contributed by atoms with Crippen molar-refractivity contribution in [2.24, 2.45) is 0 Å². The molecular weight excluding hydrogens is 444 g/mol. The standard InChI is InChI=1S/C31H34N4O/c1-23(10-11-24-8-4-2-5-9-24)32-31(36)27-14-12-25(13-15-27)29-22-30(34-33-29)26-16-18-28(19-17-26)35-20-6-3-7-21-35/h2,4-5,8-9,12-19,22-23H,3,6-7,10-11,20-21H2,1H3,(H,32,36)(H,33,34). The fourth-order valence-electron chi connectivity index (χ4n) is 4.82. The highest BCUT2D eigenvalue weighted by molar-refractivity contribution is 5.94. The quantitative estimate of drug-likeness (QED) is 0.304. The Bertz CT molecular complexity index is 1260. The van der Waals surface area contributed by atoms with Crippen molar-refractivity contribution in [3.05, 3.63) is 96.1 Å². The number of aromatic amines is 1. The number of carbonyl (C=O) groups excluding carboxylic acids is 1. The zero-order valence-corrected chi connectivity index (χ0v) is 20.9. The lowest BCUT2D eigenvalue weighted by Crippen LogP contribution is -2.32. The SMILES string of the molecule is CC(CCc1ccccc1)NC(=O)c1ccc(-c2cc(-c3ccc(N4CCCCC4)cc3)n[nH]2)cc1.